The van der Waals surface area contributed by atoms with Crippen LogP contribution in [0.5, 0.6) is 5.75 Å². The van der Waals surface area contributed by atoms with Crippen LogP contribution in [0.4, 0.5) is 5.69 Å². The number of amides is 1. The number of carbonyl (C=O) groups excluding carboxylic acids is 2. The number of benzene rings is 1. The highest BCUT2D eigenvalue weighted by Crippen LogP contribution is 2.16. The molecule has 0 radical (unpaired) electrons. The van der Waals surface area contributed by atoms with Gasteiger partial charge in [0.25, 0.3) is 0 Å². The van der Waals surface area contributed by atoms with Crippen molar-refractivity contribution in [2.45, 2.75) is 0 Å². The molecule has 1 aromatic carbocycles. The molecule has 1 heterocycles. The molecule has 110 valence electrons. The molecule has 2 aromatic rings. The van der Waals surface area contributed by atoms with Gasteiger partial charge in [-0.05, 0) is 35.7 Å². The second-order valence-electron chi connectivity index (χ2n) is 4.17. The normalized spacial score (nSPS) is 10.1. The van der Waals surface area contributed by atoms with E-state index in [0.717, 1.165) is 10.6 Å². The smallest absolute Gasteiger partial charge is 0.234 e. The van der Waals surface area contributed by atoms with Crippen LogP contribution >= 0.6 is 23.1 Å². The van der Waals surface area contributed by atoms with Crippen LogP contribution in [0, 0.1) is 0 Å². The zero-order valence-electron chi connectivity index (χ0n) is 11.5. The molecule has 6 heteroatoms. The van der Waals surface area contributed by atoms with E-state index in [4.69, 9.17) is 4.74 Å². The van der Waals surface area contributed by atoms with Gasteiger partial charge in [-0.2, -0.15) is 0 Å². The Labute approximate surface area is 131 Å². The molecule has 0 fully saturated rings. The number of nitrogens with one attached hydrogen (secondary N) is 1. The molecule has 0 spiro atoms. The first kappa shape index (κ1) is 15.6. The Kier molecular flexibility index (Phi) is 5.83. The lowest BCUT2D eigenvalue weighted by Gasteiger charge is -2.06. The van der Waals surface area contributed by atoms with E-state index in [1.165, 1.54) is 23.1 Å². The highest BCUT2D eigenvalue weighted by molar-refractivity contribution is 8.00. The Bertz CT molecular complexity index is 594. The van der Waals surface area contributed by atoms with E-state index in [2.05, 4.69) is 5.32 Å². The molecule has 1 aromatic heterocycles. The average molecular weight is 321 g/mol. The SMILES string of the molecule is COc1ccc(NC(=O)CSCC(=O)c2cccs2)cc1. The summed E-state index contributed by atoms with van der Waals surface area (Å²) in [5.41, 5.74) is 0.714. The largest absolute Gasteiger partial charge is 0.497 e. The fourth-order valence-corrected chi connectivity index (χ4v) is 3.07. The van der Waals surface area contributed by atoms with Crippen LogP contribution in [-0.4, -0.2) is 30.3 Å². The van der Waals surface area contributed by atoms with Gasteiger partial charge in [0.1, 0.15) is 5.75 Å². The number of ether oxygens (including phenoxy) is 1. The number of thiophene rings is 1. The van der Waals surface area contributed by atoms with Crippen LogP contribution in [0.3, 0.4) is 0 Å². The number of methoxy groups -OCH3 is 1. The third kappa shape index (κ3) is 4.91. The molecule has 0 saturated heterocycles. The molecule has 0 unspecified atom stereocenters. The van der Waals surface area contributed by atoms with E-state index < -0.39 is 0 Å². The highest BCUT2D eigenvalue weighted by Gasteiger charge is 2.09. The second kappa shape index (κ2) is 7.85. The van der Waals surface area contributed by atoms with E-state index in [1.807, 2.05) is 11.4 Å². The van der Waals surface area contributed by atoms with Crippen LogP contribution in [0.15, 0.2) is 41.8 Å². The molecular formula is C15H15NO3S2. The summed E-state index contributed by atoms with van der Waals surface area (Å²) in [7, 11) is 1.59. The van der Waals surface area contributed by atoms with Crippen molar-refractivity contribution in [1.29, 1.82) is 0 Å². The van der Waals surface area contributed by atoms with Crippen LogP contribution in [-0.2, 0) is 4.79 Å². The van der Waals surface area contributed by atoms with E-state index in [-0.39, 0.29) is 17.4 Å². The number of thioether (sulfide) groups is 1. The van der Waals surface area contributed by atoms with Gasteiger partial charge in [0, 0.05) is 5.69 Å². The molecule has 0 aliphatic heterocycles. The number of rotatable bonds is 7. The standard InChI is InChI=1S/C15H15NO3S2/c1-19-12-6-4-11(5-7-12)16-15(18)10-20-9-13(17)14-3-2-8-21-14/h2-8H,9-10H2,1H3,(H,16,18). The molecule has 0 saturated carbocycles. The van der Waals surface area contributed by atoms with E-state index in [0.29, 0.717) is 11.4 Å². The lowest BCUT2D eigenvalue weighted by atomic mass is 10.3. The summed E-state index contributed by atoms with van der Waals surface area (Å²) in [4.78, 5) is 24.3. The van der Waals surface area contributed by atoms with Gasteiger partial charge in [-0.1, -0.05) is 6.07 Å². The summed E-state index contributed by atoms with van der Waals surface area (Å²) in [5, 5.41) is 4.65. The van der Waals surface area contributed by atoms with Gasteiger partial charge in [-0.3, -0.25) is 9.59 Å². The third-order valence-corrected chi connectivity index (χ3v) is 4.48. The Morgan fingerprint density at radius 1 is 1.19 bits per heavy atom. The maximum absolute atomic E-state index is 11.8. The molecular weight excluding hydrogens is 306 g/mol. The van der Waals surface area contributed by atoms with Gasteiger partial charge in [-0.15, -0.1) is 23.1 Å². The van der Waals surface area contributed by atoms with Gasteiger partial charge < -0.3 is 10.1 Å². The zero-order valence-corrected chi connectivity index (χ0v) is 13.1. The molecule has 4 nitrogen and oxygen atoms in total. The molecule has 0 bridgehead atoms. The number of ketones is 1. The van der Waals surface area contributed by atoms with Gasteiger partial charge >= 0.3 is 0 Å². The number of hydrogen-bond donors (Lipinski definition) is 1. The highest BCUT2D eigenvalue weighted by atomic mass is 32.2. The molecule has 2 rings (SSSR count). The van der Waals surface area contributed by atoms with E-state index in [9.17, 15) is 9.59 Å². The van der Waals surface area contributed by atoms with Crippen molar-refractivity contribution >= 4 is 40.5 Å². The number of Topliss-reactive ketones (excluding diaryl/α,β-unsaturated/α-hetero) is 1. The van der Waals surface area contributed by atoms with Crippen LogP contribution in [0.2, 0.25) is 0 Å². The summed E-state index contributed by atoms with van der Waals surface area (Å²) >= 11 is 2.74. The van der Waals surface area contributed by atoms with Crippen molar-refractivity contribution < 1.29 is 14.3 Å². The molecule has 0 atom stereocenters. The van der Waals surface area contributed by atoms with Gasteiger partial charge in [0.2, 0.25) is 5.91 Å². The molecule has 0 aliphatic rings. The van der Waals surface area contributed by atoms with Crippen molar-refractivity contribution in [2.24, 2.45) is 0 Å². The van der Waals surface area contributed by atoms with E-state index in [1.54, 1.807) is 37.4 Å². The minimum absolute atomic E-state index is 0.0623. The number of anilines is 1. The Hall–Kier alpha value is -1.79. The number of hydrogen-bond acceptors (Lipinski definition) is 5. The monoisotopic (exact) mass is 321 g/mol. The summed E-state index contributed by atoms with van der Waals surface area (Å²) in [5.74, 6) is 1.25. The predicted molar refractivity (Wildman–Crippen MR) is 87.6 cm³/mol. The second-order valence-corrected chi connectivity index (χ2v) is 6.10. The molecule has 0 aliphatic carbocycles. The van der Waals surface area contributed by atoms with Gasteiger partial charge in [0.15, 0.2) is 5.78 Å². The molecule has 1 N–H and O–H groups in total. The zero-order chi connectivity index (χ0) is 15.1. The first-order valence-corrected chi connectivity index (χ1v) is 8.31. The van der Waals surface area contributed by atoms with Crippen LogP contribution in [0.25, 0.3) is 0 Å². The fraction of sp³-hybridized carbons (Fsp3) is 0.200. The fourth-order valence-electron chi connectivity index (χ4n) is 1.62. The maximum Gasteiger partial charge on any atom is 0.234 e. The Balaban J connectivity index is 1.73. The Morgan fingerprint density at radius 3 is 2.57 bits per heavy atom. The van der Waals surface area contributed by atoms with Crippen molar-refractivity contribution in [3.63, 3.8) is 0 Å². The topological polar surface area (TPSA) is 55.4 Å². The van der Waals surface area contributed by atoms with Crippen LogP contribution in [0.1, 0.15) is 9.67 Å². The minimum Gasteiger partial charge on any atom is -0.497 e. The Morgan fingerprint density at radius 2 is 1.95 bits per heavy atom. The molecule has 1 amide bonds. The maximum atomic E-state index is 11.8. The summed E-state index contributed by atoms with van der Waals surface area (Å²) in [6, 6.07) is 10.8. The minimum atomic E-state index is -0.121. The quantitative estimate of drug-likeness (QED) is 0.795. The molecule has 21 heavy (non-hydrogen) atoms. The van der Waals surface area contributed by atoms with Crippen molar-refractivity contribution in [3.05, 3.63) is 46.7 Å². The third-order valence-electron chi connectivity index (χ3n) is 2.64. The first-order chi connectivity index (χ1) is 10.2. The lowest BCUT2D eigenvalue weighted by Crippen LogP contribution is -2.15. The lowest BCUT2D eigenvalue weighted by molar-refractivity contribution is -0.113. The van der Waals surface area contributed by atoms with Crippen molar-refractivity contribution in [2.75, 3.05) is 23.9 Å². The summed E-state index contributed by atoms with van der Waals surface area (Å²) in [6.45, 7) is 0. The van der Waals surface area contributed by atoms with Gasteiger partial charge in [-0.25, -0.2) is 0 Å². The average Bonchev–Trinajstić information content (AvgIpc) is 3.02. The summed E-state index contributed by atoms with van der Waals surface area (Å²) < 4.78 is 5.05. The van der Waals surface area contributed by atoms with Crippen LogP contribution < -0.4 is 10.1 Å². The summed E-state index contributed by atoms with van der Waals surface area (Å²) in [6.07, 6.45) is 0. The van der Waals surface area contributed by atoms with Crippen molar-refractivity contribution in [1.82, 2.24) is 0 Å². The predicted octanol–water partition coefficient (Wildman–Crippen LogP) is 3.31. The van der Waals surface area contributed by atoms with Crippen molar-refractivity contribution in [3.8, 4) is 5.75 Å². The number of carbonyl (C=O) groups is 2. The first-order valence-electron chi connectivity index (χ1n) is 6.27. The van der Waals surface area contributed by atoms with E-state index >= 15 is 0 Å². The van der Waals surface area contributed by atoms with Gasteiger partial charge in [0.05, 0.1) is 23.5 Å².